The van der Waals surface area contributed by atoms with E-state index in [0.29, 0.717) is 55.6 Å². The second-order valence-electron chi connectivity index (χ2n) is 9.32. The van der Waals surface area contributed by atoms with E-state index >= 15 is 0 Å². The summed E-state index contributed by atoms with van der Waals surface area (Å²) in [6, 6.07) is 14.5. The first-order valence-corrected chi connectivity index (χ1v) is 15.2. The molecular weight excluding hydrogens is 576 g/mol. The number of aryl methyl sites for hydroxylation is 1. The summed E-state index contributed by atoms with van der Waals surface area (Å²) in [5.74, 6) is -0.701. The molecule has 40 heavy (non-hydrogen) atoms. The van der Waals surface area contributed by atoms with Crippen LogP contribution in [-0.2, 0) is 30.9 Å². The summed E-state index contributed by atoms with van der Waals surface area (Å²) in [6.07, 6.45) is -0.287. The molecule has 0 spiro atoms. The van der Waals surface area contributed by atoms with Crippen LogP contribution in [0.3, 0.4) is 0 Å². The van der Waals surface area contributed by atoms with Gasteiger partial charge in [-0.05, 0) is 42.3 Å². The van der Waals surface area contributed by atoms with E-state index in [2.05, 4.69) is 15.2 Å². The molecule has 3 aromatic rings. The Kier molecular flexibility index (Phi) is 9.93. The van der Waals surface area contributed by atoms with Gasteiger partial charge < -0.3 is 14.8 Å². The summed E-state index contributed by atoms with van der Waals surface area (Å²) in [6.45, 7) is 5.54. The van der Waals surface area contributed by atoms with Gasteiger partial charge in [-0.15, -0.1) is 0 Å². The molecule has 1 aliphatic rings. The Morgan fingerprint density at radius 2 is 1.73 bits per heavy atom. The number of nitrogens with one attached hydrogen (secondary N) is 1. The van der Waals surface area contributed by atoms with Gasteiger partial charge in [0.1, 0.15) is 0 Å². The van der Waals surface area contributed by atoms with Gasteiger partial charge in [0.25, 0.3) is 10.0 Å². The number of aromatic nitrogens is 1. The molecule has 13 heteroatoms. The lowest BCUT2D eigenvalue weighted by Crippen LogP contribution is -2.49. The minimum Gasteiger partial charge on any atom is -0.465 e. The number of benzene rings is 2. The highest BCUT2D eigenvalue weighted by molar-refractivity contribution is 7.91. The van der Waals surface area contributed by atoms with E-state index in [4.69, 9.17) is 21.1 Å². The van der Waals surface area contributed by atoms with Crippen molar-refractivity contribution in [3.63, 3.8) is 0 Å². The summed E-state index contributed by atoms with van der Waals surface area (Å²) in [4.78, 5) is 29.4. The number of thiazole rings is 1. The van der Waals surface area contributed by atoms with Crippen molar-refractivity contribution in [2.24, 2.45) is 0 Å². The number of carbonyl (C=O) groups is 2. The number of rotatable bonds is 10. The topological polar surface area (TPSA) is 118 Å². The molecule has 1 saturated heterocycles. The van der Waals surface area contributed by atoms with Crippen molar-refractivity contribution in [3.8, 4) is 0 Å². The van der Waals surface area contributed by atoms with Gasteiger partial charge in [-0.1, -0.05) is 47.2 Å². The predicted octanol–water partition coefficient (Wildman–Crippen LogP) is 4.11. The third-order valence-electron chi connectivity index (χ3n) is 6.43. The van der Waals surface area contributed by atoms with Gasteiger partial charge in [-0.2, -0.15) is 4.31 Å². The van der Waals surface area contributed by atoms with Crippen LogP contribution in [0.4, 0.5) is 5.13 Å². The molecule has 2 aromatic carbocycles. The van der Waals surface area contributed by atoms with Crippen molar-refractivity contribution < 1.29 is 27.5 Å². The molecule has 1 atom stereocenters. The third kappa shape index (κ3) is 7.45. The first kappa shape index (κ1) is 30.1. The molecular formula is C27H31ClN4O6S2. The lowest BCUT2D eigenvalue weighted by Gasteiger charge is -2.35. The minimum atomic E-state index is -3.74. The Labute approximate surface area is 242 Å². The molecule has 0 aliphatic carbocycles. The minimum absolute atomic E-state index is 0.144. The highest BCUT2D eigenvalue weighted by Crippen LogP contribution is 2.31. The lowest BCUT2D eigenvalue weighted by atomic mass is 10.1. The summed E-state index contributed by atoms with van der Waals surface area (Å²) in [5.41, 5.74) is 2.69. The molecule has 214 valence electrons. The number of sulfonamides is 1. The van der Waals surface area contributed by atoms with Crippen LogP contribution in [0.2, 0.25) is 5.02 Å². The van der Waals surface area contributed by atoms with Crippen LogP contribution in [0.25, 0.3) is 0 Å². The fourth-order valence-corrected chi connectivity index (χ4v) is 7.46. The second kappa shape index (κ2) is 13.2. The van der Waals surface area contributed by atoms with Gasteiger partial charge in [-0.3, -0.25) is 9.69 Å². The average Bonchev–Trinajstić information content (AvgIpc) is 3.31. The zero-order chi connectivity index (χ0) is 28.9. The van der Waals surface area contributed by atoms with Crippen molar-refractivity contribution in [1.82, 2.24) is 14.2 Å². The number of halogens is 1. The first-order chi connectivity index (χ1) is 19.1. The maximum absolute atomic E-state index is 13.3. The van der Waals surface area contributed by atoms with E-state index in [9.17, 15) is 18.0 Å². The van der Waals surface area contributed by atoms with Gasteiger partial charge in [0.15, 0.2) is 9.34 Å². The standard InChI is InChI=1S/C27H31ClN4O6S2/c1-18-26(39-27(29-18)30-19(2)33)40(35,36)32-14-12-31(13-15-32)16-24(21-8-10-23(28)11-9-21)38-17-20-4-6-22(7-5-20)25(34)37-3/h4-11,24H,12-17H2,1-3H3,(H,29,30,33)/t24-/m1/s1. The zero-order valence-corrected chi connectivity index (χ0v) is 24.8. The van der Waals surface area contributed by atoms with Gasteiger partial charge in [0.2, 0.25) is 5.91 Å². The summed E-state index contributed by atoms with van der Waals surface area (Å²) >= 11 is 7.07. The number of carbonyl (C=O) groups excluding carboxylic acids is 2. The van der Waals surface area contributed by atoms with Crippen LogP contribution >= 0.6 is 22.9 Å². The number of methoxy groups -OCH3 is 1. The number of anilines is 1. The maximum Gasteiger partial charge on any atom is 0.337 e. The smallest absolute Gasteiger partial charge is 0.337 e. The van der Waals surface area contributed by atoms with E-state index in [1.807, 2.05) is 36.4 Å². The Balaban J connectivity index is 1.41. The molecule has 0 saturated carbocycles. The normalized spacial score (nSPS) is 15.5. The molecule has 0 radical (unpaired) electrons. The molecule has 0 unspecified atom stereocenters. The molecule has 1 N–H and O–H groups in total. The van der Waals surface area contributed by atoms with Gasteiger partial charge in [0.05, 0.1) is 31.1 Å². The molecule has 1 aliphatic heterocycles. The fourth-order valence-electron chi connectivity index (χ4n) is 4.31. The third-order valence-corrected chi connectivity index (χ3v) is 10.2. The average molecular weight is 607 g/mol. The summed E-state index contributed by atoms with van der Waals surface area (Å²) < 4.78 is 39.3. The Morgan fingerprint density at radius 3 is 2.33 bits per heavy atom. The van der Waals surface area contributed by atoms with Gasteiger partial charge in [-0.25, -0.2) is 18.2 Å². The van der Waals surface area contributed by atoms with Crippen molar-refractivity contribution in [2.75, 3.05) is 45.2 Å². The van der Waals surface area contributed by atoms with E-state index in [0.717, 1.165) is 22.5 Å². The lowest BCUT2D eigenvalue weighted by molar-refractivity contribution is -0.114. The summed E-state index contributed by atoms with van der Waals surface area (Å²) in [7, 11) is -2.40. The first-order valence-electron chi connectivity index (χ1n) is 12.6. The molecule has 4 rings (SSSR count). The van der Waals surface area contributed by atoms with E-state index in [-0.39, 0.29) is 21.4 Å². The maximum atomic E-state index is 13.3. The van der Waals surface area contributed by atoms with E-state index in [1.165, 1.54) is 18.3 Å². The van der Waals surface area contributed by atoms with E-state index < -0.39 is 16.0 Å². The largest absolute Gasteiger partial charge is 0.465 e. The second-order valence-corrected chi connectivity index (χ2v) is 12.9. The van der Waals surface area contributed by atoms with Gasteiger partial charge in [0, 0.05) is 44.7 Å². The highest BCUT2D eigenvalue weighted by Gasteiger charge is 2.33. The number of hydrogen-bond donors (Lipinski definition) is 1. The van der Waals surface area contributed by atoms with Crippen molar-refractivity contribution in [3.05, 3.63) is 75.9 Å². The molecule has 1 aromatic heterocycles. The zero-order valence-electron chi connectivity index (χ0n) is 22.4. The van der Waals surface area contributed by atoms with Crippen molar-refractivity contribution >= 4 is 50.0 Å². The van der Waals surface area contributed by atoms with Crippen LogP contribution in [0.15, 0.2) is 52.7 Å². The van der Waals surface area contributed by atoms with E-state index in [1.54, 1.807) is 19.1 Å². The van der Waals surface area contributed by atoms with Crippen LogP contribution in [0.5, 0.6) is 0 Å². The fraction of sp³-hybridized carbons (Fsp3) is 0.370. The molecule has 1 fully saturated rings. The monoisotopic (exact) mass is 606 g/mol. The number of piperazine rings is 1. The number of ether oxygens (including phenoxy) is 2. The molecule has 2 heterocycles. The van der Waals surface area contributed by atoms with Crippen LogP contribution in [0, 0.1) is 6.92 Å². The number of esters is 1. The molecule has 10 nitrogen and oxygen atoms in total. The molecule has 1 amide bonds. The van der Waals surface area contributed by atoms with Crippen LogP contribution in [0.1, 0.15) is 40.2 Å². The van der Waals surface area contributed by atoms with Crippen LogP contribution < -0.4 is 5.32 Å². The van der Waals surface area contributed by atoms with Gasteiger partial charge >= 0.3 is 5.97 Å². The predicted molar refractivity (Wildman–Crippen MR) is 153 cm³/mol. The SMILES string of the molecule is COC(=O)c1ccc(CO[C@H](CN2CCN(S(=O)(=O)c3sc(NC(C)=O)nc3C)CC2)c2ccc(Cl)cc2)cc1. The Bertz CT molecular complexity index is 1440. The number of amides is 1. The Hall–Kier alpha value is -2.87. The van der Waals surface area contributed by atoms with Crippen molar-refractivity contribution in [1.29, 1.82) is 0 Å². The number of nitrogens with zero attached hydrogens (tertiary/aromatic N) is 3. The summed E-state index contributed by atoms with van der Waals surface area (Å²) in [5, 5.41) is 3.45. The molecule has 0 bridgehead atoms. The van der Waals surface area contributed by atoms with Crippen molar-refractivity contribution in [2.45, 2.75) is 30.8 Å². The Morgan fingerprint density at radius 1 is 1.07 bits per heavy atom. The van der Waals surface area contributed by atoms with Crippen LogP contribution in [-0.4, -0.2) is 74.3 Å². The highest BCUT2D eigenvalue weighted by atomic mass is 35.5. The quantitative estimate of drug-likeness (QED) is 0.343. The number of hydrogen-bond acceptors (Lipinski definition) is 9.